The molecule has 0 aliphatic heterocycles. The van der Waals surface area contributed by atoms with Crippen LogP contribution in [0.2, 0.25) is 0 Å². The van der Waals surface area contributed by atoms with Gasteiger partial charge in [-0.1, -0.05) is 135 Å². The molecular formula is C27H54O3. The molecule has 0 radical (unpaired) electrons. The number of unbranched alkanes of at least 4 members (excludes halogenated alkanes) is 19. The summed E-state index contributed by atoms with van der Waals surface area (Å²) in [6.45, 7) is 2.28. The lowest BCUT2D eigenvalue weighted by molar-refractivity contribution is -0.137. The Morgan fingerprint density at radius 3 is 1.17 bits per heavy atom. The van der Waals surface area contributed by atoms with Crippen molar-refractivity contribution in [3.05, 3.63) is 0 Å². The van der Waals surface area contributed by atoms with E-state index in [0.29, 0.717) is 6.42 Å². The lowest BCUT2D eigenvalue weighted by Gasteiger charge is -2.10. The van der Waals surface area contributed by atoms with Crippen LogP contribution in [-0.2, 0) is 4.79 Å². The van der Waals surface area contributed by atoms with Crippen molar-refractivity contribution in [1.29, 1.82) is 0 Å². The summed E-state index contributed by atoms with van der Waals surface area (Å²) in [5.41, 5.74) is 0. The third-order valence-electron chi connectivity index (χ3n) is 6.32. The molecular weight excluding hydrogens is 372 g/mol. The van der Waals surface area contributed by atoms with Gasteiger partial charge < -0.3 is 10.2 Å². The van der Waals surface area contributed by atoms with Gasteiger partial charge in [-0.3, -0.25) is 4.79 Å². The molecule has 1 unspecified atom stereocenters. The average Bonchev–Trinajstić information content (AvgIpc) is 2.72. The van der Waals surface area contributed by atoms with Gasteiger partial charge in [0.15, 0.2) is 0 Å². The number of aliphatic hydroxyl groups is 1. The molecule has 0 aliphatic carbocycles. The SMILES string of the molecule is CCCCCCCCCCCCCCC(O)CCCCCCCCCCCC(=O)O. The fourth-order valence-corrected chi connectivity index (χ4v) is 4.26. The number of hydrogen-bond donors (Lipinski definition) is 2. The van der Waals surface area contributed by atoms with E-state index in [9.17, 15) is 9.90 Å². The number of rotatable bonds is 25. The topological polar surface area (TPSA) is 57.5 Å². The van der Waals surface area contributed by atoms with Crippen molar-refractivity contribution in [3.8, 4) is 0 Å². The molecule has 2 N–H and O–H groups in total. The standard InChI is InChI=1S/C27H54O3/c1-2-3-4-5-6-7-8-9-11-14-17-20-23-26(28)24-21-18-15-12-10-13-16-19-22-25-27(29)30/h26,28H,2-25H2,1H3,(H,29,30). The normalized spacial score (nSPS) is 12.3. The first-order valence-corrected chi connectivity index (χ1v) is 13.6. The molecule has 0 aromatic heterocycles. The Morgan fingerprint density at radius 1 is 0.533 bits per heavy atom. The van der Waals surface area contributed by atoms with Crippen LogP contribution in [0.15, 0.2) is 0 Å². The summed E-state index contributed by atoms with van der Waals surface area (Å²) < 4.78 is 0. The fraction of sp³-hybridized carbons (Fsp3) is 0.963. The fourth-order valence-electron chi connectivity index (χ4n) is 4.26. The molecule has 0 rings (SSSR count). The second-order valence-electron chi connectivity index (χ2n) is 9.45. The smallest absolute Gasteiger partial charge is 0.303 e. The predicted octanol–water partition coefficient (Wildman–Crippen LogP) is 8.81. The van der Waals surface area contributed by atoms with Crippen molar-refractivity contribution in [3.63, 3.8) is 0 Å². The van der Waals surface area contributed by atoms with Crippen LogP contribution in [0.25, 0.3) is 0 Å². The summed E-state index contributed by atoms with van der Waals surface area (Å²) in [6, 6.07) is 0. The maximum atomic E-state index is 10.4. The van der Waals surface area contributed by atoms with Crippen molar-refractivity contribution >= 4 is 5.97 Å². The highest BCUT2D eigenvalue weighted by Gasteiger charge is 2.04. The molecule has 1 atom stereocenters. The van der Waals surface area contributed by atoms with Gasteiger partial charge in [0.1, 0.15) is 0 Å². The van der Waals surface area contributed by atoms with E-state index in [-0.39, 0.29) is 6.10 Å². The summed E-state index contributed by atoms with van der Waals surface area (Å²) in [4.78, 5) is 10.4. The number of carboxylic acid groups (broad SMARTS) is 1. The Bertz CT molecular complexity index is 343. The van der Waals surface area contributed by atoms with E-state index in [4.69, 9.17) is 5.11 Å². The molecule has 3 nitrogen and oxygen atoms in total. The van der Waals surface area contributed by atoms with Crippen LogP contribution in [0, 0.1) is 0 Å². The van der Waals surface area contributed by atoms with Crippen LogP contribution in [0.4, 0.5) is 0 Å². The first-order valence-electron chi connectivity index (χ1n) is 13.6. The maximum Gasteiger partial charge on any atom is 0.303 e. The summed E-state index contributed by atoms with van der Waals surface area (Å²) in [7, 11) is 0. The predicted molar refractivity (Wildman–Crippen MR) is 130 cm³/mol. The van der Waals surface area contributed by atoms with Crippen LogP contribution in [0.1, 0.15) is 161 Å². The van der Waals surface area contributed by atoms with E-state index in [1.807, 2.05) is 0 Å². The molecule has 0 saturated heterocycles. The Morgan fingerprint density at radius 2 is 0.833 bits per heavy atom. The van der Waals surface area contributed by atoms with Gasteiger partial charge in [0, 0.05) is 6.42 Å². The zero-order valence-electron chi connectivity index (χ0n) is 20.4. The van der Waals surface area contributed by atoms with E-state index in [2.05, 4.69) is 6.92 Å². The van der Waals surface area contributed by atoms with E-state index < -0.39 is 5.97 Å². The monoisotopic (exact) mass is 426 g/mol. The third-order valence-corrected chi connectivity index (χ3v) is 6.32. The minimum absolute atomic E-state index is 0.0812. The minimum atomic E-state index is -0.670. The summed E-state index contributed by atoms with van der Waals surface area (Å²) in [5.74, 6) is -0.670. The van der Waals surface area contributed by atoms with Gasteiger partial charge >= 0.3 is 5.97 Å². The molecule has 0 spiro atoms. The highest BCUT2D eigenvalue weighted by atomic mass is 16.4. The van der Waals surface area contributed by atoms with Crippen LogP contribution in [0.3, 0.4) is 0 Å². The first-order chi connectivity index (χ1) is 14.7. The zero-order valence-corrected chi connectivity index (χ0v) is 20.4. The van der Waals surface area contributed by atoms with Gasteiger partial charge in [0.25, 0.3) is 0 Å². The molecule has 0 saturated carbocycles. The quantitative estimate of drug-likeness (QED) is 0.143. The highest BCUT2D eigenvalue weighted by Crippen LogP contribution is 2.16. The van der Waals surface area contributed by atoms with Crippen molar-refractivity contribution in [2.75, 3.05) is 0 Å². The van der Waals surface area contributed by atoms with Gasteiger partial charge in [0.2, 0.25) is 0 Å². The number of hydrogen-bond acceptors (Lipinski definition) is 2. The number of aliphatic carboxylic acids is 1. The van der Waals surface area contributed by atoms with Crippen LogP contribution >= 0.6 is 0 Å². The molecule has 0 heterocycles. The van der Waals surface area contributed by atoms with E-state index in [1.165, 1.54) is 116 Å². The Kier molecular flexibility index (Phi) is 24.2. The van der Waals surface area contributed by atoms with Crippen molar-refractivity contribution in [2.45, 2.75) is 167 Å². The van der Waals surface area contributed by atoms with E-state index >= 15 is 0 Å². The molecule has 0 bridgehead atoms. The molecule has 0 aromatic rings. The number of carbonyl (C=O) groups is 1. The Balaban J connectivity index is 3.15. The van der Waals surface area contributed by atoms with Crippen molar-refractivity contribution in [1.82, 2.24) is 0 Å². The molecule has 0 amide bonds. The van der Waals surface area contributed by atoms with Gasteiger partial charge in [-0.15, -0.1) is 0 Å². The average molecular weight is 427 g/mol. The van der Waals surface area contributed by atoms with E-state index in [0.717, 1.165) is 32.1 Å². The van der Waals surface area contributed by atoms with Crippen LogP contribution < -0.4 is 0 Å². The first kappa shape index (κ1) is 29.4. The molecule has 0 aliphatic rings. The lowest BCUT2D eigenvalue weighted by Crippen LogP contribution is -2.05. The zero-order chi connectivity index (χ0) is 22.1. The Labute approximate surface area is 188 Å². The lowest BCUT2D eigenvalue weighted by atomic mass is 10.0. The summed E-state index contributed by atoms with van der Waals surface area (Å²) >= 11 is 0. The maximum absolute atomic E-state index is 10.4. The van der Waals surface area contributed by atoms with Crippen LogP contribution in [-0.4, -0.2) is 22.3 Å². The Hall–Kier alpha value is -0.570. The largest absolute Gasteiger partial charge is 0.481 e. The second-order valence-corrected chi connectivity index (χ2v) is 9.45. The molecule has 0 aromatic carbocycles. The molecule has 30 heavy (non-hydrogen) atoms. The van der Waals surface area contributed by atoms with Crippen molar-refractivity contribution in [2.24, 2.45) is 0 Å². The minimum Gasteiger partial charge on any atom is -0.481 e. The summed E-state index contributed by atoms with van der Waals surface area (Å²) in [5, 5.41) is 18.7. The second kappa shape index (κ2) is 24.7. The molecule has 180 valence electrons. The summed E-state index contributed by atoms with van der Waals surface area (Å²) in [6.07, 6.45) is 29.2. The molecule has 3 heteroatoms. The van der Waals surface area contributed by atoms with Gasteiger partial charge in [-0.2, -0.15) is 0 Å². The van der Waals surface area contributed by atoms with Gasteiger partial charge in [-0.25, -0.2) is 0 Å². The number of aliphatic hydroxyl groups excluding tert-OH is 1. The molecule has 0 fully saturated rings. The van der Waals surface area contributed by atoms with Crippen molar-refractivity contribution < 1.29 is 15.0 Å². The number of carboxylic acids is 1. The third kappa shape index (κ3) is 25.5. The van der Waals surface area contributed by atoms with Gasteiger partial charge in [0.05, 0.1) is 6.10 Å². The van der Waals surface area contributed by atoms with Crippen LogP contribution in [0.5, 0.6) is 0 Å². The van der Waals surface area contributed by atoms with Gasteiger partial charge in [-0.05, 0) is 19.3 Å². The highest BCUT2D eigenvalue weighted by molar-refractivity contribution is 5.66. The van der Waals surface area contributed by atoms with E-state index in [1.54, 1.807) is 0 Å².